The molecule has 0 spiro atoms. The Labute approximate surface area is 83.7 Å². The Morgan fingerprint density at radius 1 is 1.07 bits per heavy atom. The average Bonchev–Trinajstić information content (AvgIpc) is 2.20. The minimum atomic E-state index is 0.219. The Morgan fingerprint density at radius 3 is 2.43 bits per heavy atom. The van der Waals surface area contributed by atoms with E-state index in [2.05, 4.69) is 4.98 Å². The van der Waals surface area contributed by atoms with E-state index in [4.69, 9.17) is 0 Å². The normalized spacial score (nSPS) is 10.0. The molecule has 0 amide bonds. The van der Waals surface area contributed by atoms with E-state index in [1.54, 1.807) is 18.3 Å². The van der Waals surface area contributed by atoms with Gasteiger partial charge in [-0.3, -0.25) is 4.98 Å². The lowest BCUT2D eigenvalue weighted by Crippen LogP contribution is -1.99. The zero-order chi connectivity index (χ0) is 9.97. The summed E-state index contributed by atoms with van der Waals surface area (Å²) in [6.07, 6.45) is 1.68. The number of nitrogens with zero attached hydrogens (tertiary/aromatic N) is 1. The van der Waals surface area contributed by atoms with E-state index in [-0.39, 0.29) is 5.75 Å². The lowest BCUT2D eigenvalue weighted by molar-refractivity contribution is 0.475. The van der Waals surface area contributed by atoms with Gasteiger partial charge in [-0.25, -0.2) is 0 Å². The van der Waals surface area contributed by atoms with Gasteiger partial charge in [0.2, 0.25) is 0 Å². The molecule has 0 fully saturated rings. The van der Waals surface area contributed by atoms with Gasteiger partial charge in [-0.2, -0.15) is 0 Å². The molecule has 1 aromatic carbocycles. The Morgan fingerprint density at radius 2 is 1.79 bits per heavy atom. The minimum absolute atomic E-state index is 0.219. The SMILES string of the molecule is Bc1ccc(-c2ncccc2O)cc1. The minimum Gasteiger partial charge on any atom is -0.506 e. The molecule has 2 aromatic rings. The van der Waals surface area contributed by atoms with Crippen molar-refractivity contribution in [2.45, 2.75) is 0 Å². The van der Waals surface area contributed by atoms with E-state index in [0.29, 0.717) is 5.69 Å². The maximum absolute atomic E-state index is 9.57. The van der Waals surface area contributed by atoms with E-state index in [1.165, 1.54) is 5.46 Å². The maximum Gasteiger partial charge on any atom is 0.141 e. The van der Waals surface area contributed by atoms with Crippen LogP contribution in [0, 0.1) is 0 Å². The number of hydrogen-bond donors (Lipinski definition) is 1. The summed E-state index contributed by atoms with van der Waals surface area (Å²) in [6.45, 7) is 0. The van der Waals surface area contributed by atoms with Crippen molar-refractivity contribution in [3.8, 4) is 17.0 Å². The first-order valence-corrected chi connectivity index (χ1v) is 4.48. The maximum atomic E-state index is 9.57. The summed E-state index contributed by atoms with van der Waals surface area (Å²) >= 11 is 0. The second-order valence-corrected chi connectivity index (χ2v) is 3.24. The Balaban J connectivity index is 2.50. The van der Waals surface area contributed by atoms with E-state index in [0.717, 1.165) is 5.56 Å². The number of pyridine rings is 1. The van der Waals surface area contributed by atoms with Crippen LogP contribution in [0.15, 0.2) is 42.6 Å². The molecule has 1 N–H and O–H groups in total. The number of hydrogen-bond acceptors (Lipinski definition) is 2. The molecule has 14 heavy (non-hydrogen) atoms. The van der Waals surface area contributed by atoms with Gasteiger partial charge in [0.15, 0.2) is 0 Å². The van der Waals surface area contributed by atoms with Gasteiger partial charge in [0.1, 0.15) is 19.3 Å². The molecule has 0 aliphatic carbocycles. The second-order valence-electron chi connectivity index (χ2n) is 3.24. The molecule has 1 aromatic heterocycles. The fourth-order valence-corrected chi connectivity index (χ4v) is 1.33. The molecule has 0 aliphatic heterocycles. The lowest BCUT2D eigenvalue weighted by Gasteiger charge is -2.02. The Hall–Kier alpha value is -1.77. The van der Waals surface area contributed by atoms with Crippen LogP contribution in [-0.2, 0) is 0 Å². The summed E-state index contributed by atoms with van der Waals surface area (Å²) in [4.78, 5) is 4.13. The van der Waals surface area contributed by atoms with Gasteiger partial charge in [0, 0.05) is 11.8 Å². The topological polar surface area (TPSA) is 33.1 Å². The molecular formula is C11H10BNO. The molecule has 0 bridgehead atoms. The van der Waals surface area contributed by atoms with Gasteiger partial charge in [0.25, 0.3) is 0 Å². The highest BCUT2D eigenvalue weighted by Gasteiger charge is 2.03. The summed E-state index contributed by atoms with van der Waals surface area (Å²) in [7, 11) is 2.03. The fraction of sp³-hybridized carbons (Fsp3) is 0. The predicted octanol–water partition coefficient (Wildman–Crippen LogP) is 0.713. The molecule has 0 saturated heterocycles. The monoisotopic (exact) mass is 183 g/mol. The van der Waals surface area contributed by atoms with Crippen molar-refractivity contribution in [3.63, 3.8) is 0 Å². The van der Waals surface area contributed by atoms with Gasteiger partial charge in [-0.05, 0) is 12.1 Å². The number of aromatic nitrogens is 1. The zero-order valence-corrected chi connectivity index (χ0v) is 7.94. The third-order valence-corrected chi connectivity index (χ3v) is 2.11. The van der Waals surface area contributed by atoms with Crippen molar-refractivity contribution in [1.82, 2.24) is 4.98 Å². The highest BCUT2D eigenvalue weighted by molar-refractivity contribution is 6.32. The van der Waals surface area contributed by atoms with Crippen molar-refractivity contribution >= 4 is 13.3 Å². The Kier molecular flexibility index (Phi) is 2.23. The predicted molar refractivity (Wildman–Crippen MR) is 59.5 cm³/mol. The quantitative estimate of drug-likeness (QED) is 0.660. The number of rotatable bonds is 1. The van der Waals surface area contributed by atoms with Gasteiger partial charge in [-0.1, -0.05) is 29.7 Å². The molecule has 2 rings (SSSR count). The molecule has 1 heterocycles. The average molecular weight is 183 g/mol. The largest absolute Gasteiger partial charge is 0.506 e. The first kappa shape index (κ1) is 8.82. The fourth-order valence-electron chi connectivity index (χ4n) is 1.33. The van der Waals surface area contributed by atoms with Crippen molar-refractivity contribution in [2.75, 3.05) is 0 Å². The van der Waals surface area contributed by atoms with E-state index in [1.807, 2.05) is 32.1 Å². The van der Waals surface area contributed by atoms with Crippen LogP contribution >= 0.6 is 0 Å². The molecule has 68 valence electrons. The lowest BCUT2D eigenvalue weighted by atomic mass is 9.94. The highest BCUT2D eigenvalue weighted by atomic mass is 16.3. The standard InChI is InChI=1S/C11H10BNO/c12-9-5-3-8(4-6-9)11-10(14)2-1-7-13-11/h1-7,14H,12H2. The summed E-state index contributed by atoms with van der Waals surface area (Å²) in [5, 5.41) is 9.57. The third-order valence-electron chi connectivity index (χ3n) is 2.11. The zero-order valence-electron chi connectivity index (χ0n) is 7.94. The number of aromatic hydroxyl groups is 1. The van der Waals surface area contributed by atoms with Crippen LogP contribution in [0.3, 0.4) is 0 Å². The van der Waals surface area contributed by atoms with Crippen molar-refractivity contribution < 1.29 is 5.11 Å². The molecule has 0 radical (unpaired) electrons. The van der Waals surface area contributed by atoms with E-state index < -0.39 is 0 Å². The van der Waals surface area contributed by atoms with Crippen LogP contribution in [0.2, 0.25) is 0 Å². The van der Waals surface area contributed by atoms with Crippen LogP contribution in [0.4, 0.5) is 0 Å². The van der Waals surface area contributed by atoms with Crippen LogP contribution in [0.5, 0.6) is 5.75 Å². The molecule has 3 heteroatoms. The summed E-state index contributed by atoms with van der Waals surface area (Å²) in [6, 6.07) is 11.3. The second kappa shape index (κ2) is 3.54. The van der Waals surface area contributed by atoms with Crippen LogP contribution in [-0.4, -0.2) is 17.9 Å². The van der Waals surface area contributed by atoms with Crippen LogP contribution < -0.4 is 5.46 Å². The van der Waals surface area contributed by atoms with Crippen molar-refractivity contribution in [1.29, 1.82) is 0 Å². The molecule has 0 aliphatic rings. The van der Waals surface area contributed by atoms with Crippen LogP contribution in [0.1, 0.15) is 0 Å². The van der Waals surface area contributed by atoms with E-state index in [9.17, 15) is 5.11 Å². The van der Waals surface area contributed by atoms with Crippen LogP contribution in [0.25, 0.3) is 11.3 Å². The Bertz CT molecular complexity index is 439. The molecule has 0 saturated carbocycles. The summed E-state index contributed by atoms with van der Waals surface area (Å²) in [5.74, 6) is 0.219. The van der Waals surface area contributed by atoms with Gasteiger partial charge < -0.3 is 5.11 Å². The summed E-state index contributed by atoms with van der Waals surface area (Å²) in [5.41, 5.74) is 2.77. The first-order chi connectivity index (χ1) is 6.77. The third kappa shape index (κ3) is 1.62. The van der Waals surface area contributed by atoms with Crippen molar-refractivity contribution in [3.05, 3.63) is 42.6 Å². The van der Waals surface area contributed by atoms with Gasteiger partial charge in [-0.15, -0.1) is 0 Å². The first-order valence-electron chi connectivity index (χ1n) is 4.48. The molecule has 0 atom stereocenters. The molecular weight excluding hydrogens is 173 g/mol. The van der Waals surface area contributed by atoms with Gasteiger partial charge >= 0.3 is 0 Å². The molecule has 0 unspecified atom stereocenters. The number of benzene rings is 1. The smallest absolute Gasteiger partial charge is 0.141 e. The molecule has 2 nitrogen and oxygen atoms in total. The van der Waals surface area contributed by atoms with Crippen molar-refractivity contribution in [2.24, 2.45) is 0 Å². The van der Waals surface area contributed by atoms with Gasteiger partial charge in [0.05, 0.1) is 0 Å². The highest BCUT2D eigenvalue weighted by Crippen LogP contribution is 2.24. The van der Waals surface area contributed by atoms with E-state index >= 15 is 0 Å². The summed E-state index contributed by atoms with van der Waals surface area (Å²) < 4.78 is 0.